The van der Waals surface area contributed by atoms with Crippen molar-refractivity contribution in [3.05, 3.63) is 47.7 Å². The first kappa shape index (κ1) is 12.6. The summed E-state index contributed by atoms with van der Waals surface area (Å²) in [5.74, 6) is 0.934. The minimum Gasteiger partial charge on any atom is -0.508 e. The van der Waals surface area contributed by atoms with Crippen molar-refractivity contribution in [2.45, 2.75) is 19.3 Å². The molecule has 4 heteroatoms. The van der Waals surface area contributed by atoms with E-state index in [4.69, 9.17) is 4.42 Å². The number of nitrogens with one attached hydrogen (secondary N) is 1. The van der Waals surface area contributed by atoms with Gasteiger partial charge in [0.05, 0.1) is 12.1 Å². The Bertz CT molecular complexity index is 494. The minimum atomic E-state index is 0.285. The Hall–Kier alpha value is -1.81. The van der Waals surface area contributed by atoms with Crippen molar-refractivity contribution in [2.24, 2.45) is 0 Å². The molecule has 96 valence electrons. The van der Waals surface area contributed by atoms with Crippen molar-refractivity contribution in [1.29, 1.82) is 0 Å². The molecular weight excluding hydrogens is 228 g/mol. The van der Waals surface area contributed by atoms with E-state index in [1.807, 2.05) is 19.2 Å². The van der Waals surface area contributed by atoms with Gasteiger partial charge in [0, 0.05) is 5.56 Å². The number of phenols is 1. The highest BCUT2D eigenvalue weighted by Crippen LogP contribution is 2.19. The fourth-order valence-corrected chi connectivity index (χ4v) is 1.81. The third-order valence-electron chi connectivity index (χ3n) is 2.79. The second-order valence-corrected chi connectivity index (χ2v) is 4.25. The highest BCUT2D eigenvalue weighted by Gasteiger charge is 2.07. The van der Waals surface area contributed by atoms with Crippen LogP contribution in [-0.2, 0) is 12.8 Å². The largest absolute Gasteiger partial charge is 0.508 e. The number of oxazole rings is 1. The topological polar surface area (TPSA) is 58.3 Å². The number of hydrogen-bond acceptors (Lipinski definition) is 4. The van der Waals surface area contributed by atoms with Crippen LogP contribution in [0.15, 0.2) is 34.9 Å². The molecule has 0 amide bonds. The van der Waals surface area contributed by atoms with Crippen LogP contribution in [-0.4, -0.2) is 23.7 Å². The molecular formula is C14H18N2O2. The van der Waals surface area contributed by atoms with Crippen molar-refractivity contribution in [1.82, 2.24) is 10.3 Å². The molecule has 0 atom stereocenters. The molecule has 1 heterocycles. The van der Waals surface area contributed by atoms with Crippen molar-refractivity contribution < 1.29 is 9.52 Å². The van der Waals surface area contributed by atoms with Gasteiger partial charge >= 0.3 is 0 Å². The second-order valence-electron chi connectivity index (χ2n) is 4.25. The molecule has 0 unspecified atom stereocenters. The van der Waals surface area contributed by atoms with Crippen molar-refractivity contribution in [3.63, 3.8) is 0 Å². The van der Waals surface area contributed by atoms with E-state index in [1.165, 1.54) is 0 Å². The van der Waals surface area contributed by atoms with E-state index in [0.717, 1.165) is 30.6 Å². The molecule has 0 fully saturated rings. The van der Waals surface area contributed by atoms with Gasteiger partial charge in [-0.05, 0) is 32.5 Å². The Morgan fingerprint density at radius 1 is 1.33 bits per heavy atom. The van der Waals surface area contributed by atoms with Gasteiger partial charge in [0.25, 0.3) is 0 Å². The molecule has 0 aliphatic carbocycles. The van der Waals surface area contributed by atoms with E-state index >= 15 is 0 Å². The van der Waals surface area contributed by atoms with E-state index < -0.39 is 0 Å². The minimum absolute atomic E-state index is 0.285. The average molecular weight is 246 g/mol. The summed E-state index contributed by atoms with van der Waals surface area (Å²) in [4.78, 5) is 4.41. The lowest BCUT2D eigenvalue weighted by Crippen LogP contribution is -2.08. The van der Waals surface area contributed by atoms with E-state index in [0.29, 0.717) is 12.3 Å². The fourth-order valence-electron chi connectivity index (χ4n) is 1.81. The molecule has 0 aliphatic rings. The molecule has 1 aromatic heterocycles. The molecule has 1 aromatic carbocycles. The lowest BCUT2D eigenvalue weighted by Gasteiger charge is -2.00. The zero-order chi connectivity index (χ0) is 12.8. The lowest BCUT2D eigenvalue weighted by atomic mass is 10.1. The molecule has 2 aromatic rings. The summed E-state index contributed by atoms with van der Waals surface area (Å²) in [5, 5.41) is 12.8. The molecule has 0 aliphatic heterocycles. The number of benzene rings is 1. The third kappa shape index (κ3) is 3.34. The van der Waals surface area contributed by atoms with Gasteiger partial charge in [-0.25, -0.2) is 4.98 Å². The highest BCUT2D eigenvalue weighted by atomic mass is 16.3. The van der Waals surface area contributed by atoms with Crippen LogP contribution in [0.3, 0.4) is 0 Å². The van der Waals surface area contributed by atoms with E-state index in [1.54, 1.807) is 18.4 Å². The zero-order valence-corrected chi connectivity index (χ0v) is 10.5. The van der Waals surface area contributed by atoms with Gasteiger partial charge in [-0.3, -0.25) is 0 Å². The molecule has 0 radical (unpaired) electrons. The molecule has 2 N–H and O–H groups in total. The normalized spacial score (nSPS) is 10.7. The molecule has 0 saturated heterocycles. The molecule has 18 heavy (non-hydrogen) atoms. The first-order valence-corrected chi connectivity index (χ1v) is 6.14. The van der Waals surface area contributed by atoms with Gasteiger partial charge in [-0.15, -0.1) is 0 Å². The quantitative estimate of drug-likeness (QED) is 0.767. The highest BCUT2D eigenvalue weighted by molar-refractivity contribution is 5.33. The van der Waals surface area contributed by atoms with Crippen molar-refractivity contribution in [3.8, 4) is 5.75 Å². The standard InChI is InChI=1S/C14H18N2O2/c1-15-8-4-6-12-10-18-14(16-12)9-11-5-2-3-7-13(11)17/h2-3,5,7,10,15,17H,4,6,8-9H2,1H3. The SMILES string of the molecule is CNCCCc1coc(Cc2ccccc2O)n1. The Morgan fingerprint density at radius 3 is 2.94 bits per heavy atom. The van der Waals surface area contributed by atoms with Crippen LogP contribution < -0.4 is 5.32 Å². The first-order valence-electron chi connectivity index (χ1n) is 6.14. The number of para-hydroxylation sites is 1. The summed E-state index contributed by atoms with van der Waals surface area (Å²) in [7, 11) is 1.94. The van der Waals surface area contributed by atoms with E-state index in [2.05, 4.69) is 10.3 Å². The predicted molar refractivity (Wildman–Crippen MR) is 69.7 cm³/mol. The molecule has 4 nitrogen and oxygen atoms in total. The maximum absolute atomic E-state index is 9.67. The fraction of sp³-hybridized carbons (Fsp3) is 0.357. The smallest absolute Gasteiger partial charge is 0.198 e. The summed E-state index contributed by atoms with van der Waals surface area (Å²) >= 11 is 0. The Balaban J connectivity index is 1.96. The summed E-state index contributed by atoms with van der Waals surface area (Å²) in [6, 6.07) is 7.25. The zero-order valence-electron chi connectivity index (χ0n) is 10.5. The average Bonchev–Trinajstić information content (AvgIpc) is 2.80. The van der Waals surface area contributed by atoms with Crippen LogP contribution >= 0.6 is 0 Å². The second kappa shape index (κ2) is 6.21. The van der Waals surface area contributed by atoms with Crippen LogP contribution in [0.25, 0.3) is 0 Å². The number of hydrogen-bond donors (Lipinski definition) is 2. The van der Waals surface area contributed by atoms with Crippen LogP contribution in [0, 0.1) is 0 Å². The number of aryl methyl sites for hydroxylation is 1. The van der Waals surface area contributed by atoms with Crippen LogP contribution in [0.2, 0.25) is 0 Å². The lowest BCUT2D eigenvalue weighted by molar-refractivity contribution is 0.461. The molecule has 0 bridgehead atoms. The van der Waals surface area contributed by atoms with Gasteiger partial charge < -0.3 is 14.8 Å². The number of phenolic OH excluding ortho intramolecular Hbond substituents is 1. The Labute approximate surface area is 107 Å². The molecule has 0 spiro atoms. The summed E-state index contributed by atoms with van der Waals surface area (Å²) in [6.45, 7) is 0.974. The van der Waals surface area contributed by atoms with E-state index in [9.17, 15) is 5.11 Å². The van der Waals surface area contributed by atoms with Gasteiger partial charge in [-0.1, -0.05) is 18.2 Å². The monoisotopic (exact) mass is 246 g/mol. The summed E-state index contributed by atoms with van der Waals surface area (Å²) in [5.41, 5.74) is 1.80. The van der Waals surface area contributed by atoms with E-state index in [-0.39, 0.29) is 5.75 Å². The van der Waals surface area contributed by atoms with Gasteiger partial charge in [0.2, 0.25) is 0 Å². The van der Waals surface area contributed by atoms with Crippen LogP contribution in [0.5, 0.6) is 5.75 Å². The van der Waals surface area contributed by atoms with Crippen molar-refractivity contribution >= 4 is 0 Å². The third-order valence-corrected chi connectivity index (χ3v) is 2.79. The molecule has 0 saturated carbocycles. The summed E-state index contributed by atoms with van der Waals surface area (Å²) in [6.07, 6.45) is 4.17. The van der Waals surface area contributed by atoms with Crippen molar-refractivity contribution in [2.75, 3.05) is 13.6 Å². The molecule has 2 rings (SSSR count). The Kier molecular flexibility index (Phi) is 4.36. The number of rotatable bonds is 6. The number of nitrogens with zero attached hydrogens (tertiary/aromatic N) is 1. The van der Waals surface area contributed by atoms with Gasteiger partial charge in [0.15, 0.2) is 5.89 Å². The maximum atomic E-state index is 9.67. The Morgan fingerprint density at radius 2 is 2.17 bits per heavy atom. The van der Waals surface area contributed by atoms with Gasteiger partial charge in [0.1, 0.15) is 12.0 Å². The maximum Gasteiger partial charge on any atom is 0.198 e. The van der Waals surface area contributed by atoms with Crippen LogP contribution in [0.1, 0.15) is 23.6 Å². The predicted octanol–water partition coefficient (Wildman–Crippen LogP) is 2.12. The first-order chi connectivity index (χ1) is 8.79. The number of aromatic nitrogens is 1. The van der Waals surface area contributed by atoms with Gasteiger partial charge in [-0.2, -0.15) is 0 Å². The summed E-state index contributed by atoms with van der Waals surface area (Å²) < 4.78 is 5.41. The van der Waals surface area contributed by atoms with Crippen LogP contribution in [0.4, 0.5) is 0 Å². The number of aromatic hydroxyl groups is 1.